The molecular formula is C16H23NO3. The number of nitrogens with one attached hydrogen (secondary N) is 1. The second-order valence-electron chi connectivity index (χ2n) is 5.58. The molecule has 0 saturated carbocycles. The molecule has 2 unspecified atom stereocenters. The molecule has 0 spiro atoms. The van der Waals surface area contributed by atoms with Crippen molar-refractivity contribution in [3.8, 4) is 0 Å². The summed E-state index contributed by atoms with van der Waals surface area (Å²) in [5.41, 5.74) is 0.504. The molecule has 1 aliphatic heterocycles. The fourth-order valence-electron chi connectivity index (χ4n) is 3.00. The summed E-state index contributed by atoms with van der Waals surface area (Å²) in [5, 5.41) is 3.41. The Morgan fingerprint density at radius 2 is 1.90 bits per heavy atom. The van der Waals surface area contributed by atoms with Crippen LogP contribution < -0.4 is 5.32 Å². The Bertz CT molecular complexity index is 436. The molecule has 1 saturated heterocycles. The second kappa shape index (κ2) is 6.37. The summed E-state index contributed by atoms with van der Waals surface area (Å²) in [4.78, 5) is 12.3. The smallest absolute Gasteiger partial charge is 0.326 e. The highest BCUT2D eigenvalue weighted by atomic mass is 16.5. The van der Waals surface area contributed by atoms with Gasteiger partial charge in [0, 0.05) is 19.4 Å². The van der Waals surface area contributed by atoms with E-state index in [1.165, 1.54) is 7.11 Å². The lowest BCUT2D eigenvalue weighted by molar-refractivity contribution is -0.159. The third kappa shape index (κ3) is 3.38. The van der Waals surface area contributed by atoms with Gasteiger partial charge in [0.2, 0.25) is 0 Å². The summed E-state index contributed by atoms with van der Waals surface area (Å²) in [5.74, 6) is -0.199. The molecule has 1 aromatic carbocycles. The van der Waals surface area contributed by atoms with Crippen molar-refractivity contribution >= 4 is 5.97 Å². The van der Waals surface area contributed by atoms with Crippen molar-refractivity contribution in [3.63, 3.8) is 0 Å². The van der Waals surface area contributed by atoms with E-state index in [1.54, 1.807) is 0 Å². The van der Waals surface area contributed by atoms with Gasteiger partial charge in [0.1, 0.15) is 5.54 Å². The minimum absolute atomic E-state index is 0.0427. The fourth-order valence-corrected chi connectivity index (χ4v) is 3.00. The van der Waals surface area contributed by atoms with Gasteiger partial charge in [-0.1, -0.05) is 30.3 Å². The van der Waals surface area contributed by atoms with Gasteiger partial charge in [-0.3, -0.25) is 10.1 Å². The van der Waals surface area contributed by atoms with E-state index in [0.717, 1.165) is 5.56 Å². The van der Waals surface area contributed by atoms with Crippen molar-refractivity contribution in [3.05, 3.63) is 35.9 Å². The normalized spacial score (nSPS) is 29.9. The SMILES string of the molecule is COC(=O)C1(NCc2ccccc2)CC(C)OC(C)C1. The number of carbonyl (C=O) groups is 1. The third-order valence-corrected chi connectivity index (χ3v) is 3.79. The Labute approximate surface area is 120 Å². The Morgan fingerprint density at radius 3 is 2.45 bits per heavy atom. The summed E-state index contributed by atoms with van der Waals surface area (Å²) in [6, 6.07) is 10.1. The van der Waals surface area contributed by atoms with Gasteiger partial charge in [-0.15, -0.1) is 0 Å². The van der Waals surface area contributed by atoms with Gasteiger partial charge in [0.25, 0.3) is 0 Å². The van der Waals surface area contributed by atoms with E-state index in [9.17, 15) is 4.79 Å². The van der Waals surface area contributed by atoms with Gasteiger partial charge < -0.3 is 9.47 Å². The molecule has 1 aliphatic rings. The van der Waals surface area contributed by atoms with E-state index >= 15 is 0 Å². The van der Waals surface area contributed by atoms with Gasteiger partial charge in [0.05, 0.1) is 19.3 Å². The zero-order valence-electron chi connectivity index (χ0n) is 12.4. The van der Waals surface area contributed by atoms with Gasteiger partial charge >= 0.3 is 5.97 Å². The molecule has 2 rings (SSSR count). The van der Waals surface area contributed by atoms with Crippen LogP contribution >= 0.6 is 0 Å². The number of hydrogen-bond donors (Lipinski definition) is 1. The average molecular weight is 277 g/mol. The molecule has 20 heavy (non-hydrogen) atoms. The maximum atomic E-state index is 12.3. The van der Waals surface area contributed by atoms with Crippen molar-refractivity contribution in [2.24, 2.45) is 0 Å². The van der Waals surface area contributed by atoms with E-state index in [2.05, 4.69) is 5.32 Å². The Morgan fingerprint density at radius 1 is 1.30 bits per heavy atom. The summed E-state index contributed by atoms with van der Waals surface area (Å²) < 4.78 is 10.8. The van der Waals surface area contributed by atoms with E-state index in [4.69, 9.17) is 9.47 Å². The predicted molar refractivity (Wildman–Crippen MR) is 77.3 cm³/mol. The van der Waals surface area contributed by atoms with Gasteiger partial charge in [-0.25, -0.2) is 0 Å². The molecule has 0 aliphatic carbocycles. The molecule has 4 heteroatoms. The molecule has 0 bridgehead atoms. The quantitative estimate of drug-likeness (QED) is 0.858. The maximum absolute atomic E-state index is 12.3. The van der Waals surface area contributed by atoms with Gasteiger partial charge in [-0.05, 0) is 19.4 Å². The molecule has 1 N–H and O–H groups in total. The average Bonchev–Trinajstić information content (AvgIpc) is 2.44. The number of benzene rings is 1. The van der Waals surface area contributed by atoms with Crippen LogP contribution in [0.2, 0.25) is 0 Å². The van der Waals surface area contributed by atoms with Crippen LogP contribution in [0.3, 0.4) is 0 Å². The first-order valence-electron chi connectivity index (χ1n) is 7.08. The van der Waals surface area contributed by atoms with Crippen LogP contribution in [0.1, 0.15) is 32.3 Å². The first-order chi connectivity index (χ1) is 9.55. The number of carbonyl (C=O) groups excluding carboxylic acids is 1. The van der Waals surface area contributed by atoms with Gasteiger partial charge in [0.15, 0.2) is 0 Å². The molecule has 2 atom stereocenters. The Hall–Kier alpha value is -1.39. The second-order valence-corrected chi connectivity index (χ2v) is 5.58. The minimum Gasteiger partial charge on any atom is -0.468 e. The highest BCUT2D eigenvalue weighted by molar-refractivity contribution is 5.81. The molecule has 0 amide bonds. The zero-order chi connectivity index (χ0) is 14.6. The van der Waals surface area contributed by atoms with Crippen LogP contribution in [-0.2, 0) is 20.8 Å². The molecular weight excluding hydrogens is 254 g/mol. The number of methoxy groups -OCH3 is 1. The monoisotopic (exact) mass is 277 g/mol. The highest BCUT2D eigenvalue weighted by Crippen LogP contribution is 2.30. The summed E-state index contributed by atoms with van der Waals surface area (Å²) in [6.45, 7) is 4.64. The number of hydrogen-bond acceptors (Lipinski definition) is 4. The third-order valence-electron chi connectivity index (χ3n) is 3.79. The lowest BCUT2D eigenvalue weighted by Gasteiger charge is -2.41. The van der Waals surface area contributed by atoms with Crippen LogP contribution in [0.4, 0.5) is 0 Å². The highest BCUT2D eigenvalue weighted by Gasteiger charge is 2.45. The summed E-state index contributed by atoms with van der Waals surface area (Å²) in [7, 11) is 1.44. The van der Waals surface area contributed by atoms with Crippen molar-refractivity contribution in [1.82, 2.24) is 5.32 Å². The molecule has 4 nitrogen and oxygen atoms in total. The van der Waals surface area contributed by atoms with Crippen LogP contribution in [0, 0.1) is 0 Å². The minimum atomic E-state index is -0.651. The lowest BCUT2D eigenvalue weighted by atomic mass is 9.84. The van der Waals surface area contributed by atoms with Crippen molar-refractivity contribution < 1.29 is 14.3 Å². The van der Waals surface area contributed by atoms with Crippen LogP contribution in [0.15, 0.2) is 30.3 Å². The molecule has 0 radical (unpaired) electrons. The molecule has 1 fully saturated rings. The van der Waals surface area contributed by atoms with E-state index in [0.29, 0.717) is 19.4 Å². The maximum Gasteiger partial charge on any atom is 0.326 e. The van der Waals surface area contributed by atoms with Crippen molar-refractivity contribution in [2.45, 2.75) is 51.0 Å². The zero-order valence-corrected chi connectivity index (χ0v) is 12.4. The predicted octanol–water partition coefficient (Wildman–Crippen LogP) is 2.28. The summed E-state index contributed by atoms with van der Waals surface area (Å²) in [6.07, 6.45) is 1.36. The number of esters is 1. The molecule has 0 aromatic heterocycles. The van der Waals surface area contributed by atoms with E-state index in [-0.39, 0.29) is 18.2 Å². The van der Waals surface area contributed by atoms with E-state index < -0.39 is 5.54 Å². The first-order valence-corrected chi connectivity index (χ1v) is 7.08. The lowest BCUT2D eigenvalue weighted by Crippen LogP contribution is -2.58. The van der Waals surface area contributed by atoms with Gasteiger partial charge in [-0.2, -0.15) is 0 Å². The fraction of sp³-hybridized carbons (Fsp3) is 0.562. The number of ether oxygens (including phenoxy) is 2. The largest absolute Gasteiger partial charge is 0.468 e. The first kappa shape index (κ1) is 15.0. The number of rotatable bonds is 4. The van der Waals surface area contributed by atoms with Crippen LogP contribution in [0.5, 0.6) is 0 Å². The molecule has 1 heterocycles. The van der Waals surface area contributed by atoms with E-state index in [1.807, 2.05) is 44.2 Å². The van der Waals surface area contributed by atoms with Crippen LogP contribution in [-0.4, -0.2) is 30.8 Å². The summed E-state index contributed by atoms with van der Waals surface area (Å²) >= 11 is 0. The standard InChI is InChI=1S/C16H23NO3/c1-12-9-16(15(18)19-3,10-13(2)20-12)17-11-14-7-5-4-6-8-14/h4-8,12-13,17H,9-11H2,1-3H3. The Kier molecular flexibility index (Phi) is 4.78. The molecule has 110 valence electrons. The van der Waals surface area contributed by atoms with Crippen molar-refractivity contribution in [1.29, 1.82) is 0 Å². The topological polar surface area (TPSA) is 47.6 Å². The molecule has 1 aromatic rings. The van der Waals surface area contributed by atoms with Crippen molar-refractivity contribution in [2.75, 3.05) is 7.11 Å². The van der Waals surface area contributed by atoms with Crippen LogP contribution in [0.25, 0.3) is 0 Å². The Balaban J connectivity index is 2.13.